The topological polar surface area (TPSA) is 104 Å². The van der Waals surface area contributed by atoms with Gasteiger partial charge in [-0.25, -0.2) is 0 Å². The van der Waals surface area contributed by atoms with Crippen LogP contribution in [0.4, 0.5) is 11.4 Å². The van der Waals surface area contributed by atoms with Gasteiger partial charge in [-0.2, -0.15) is 0 Å². The first-order chi connectivity index (χ1) is 16.8. The Morgan fingerprint density at radius 1 is 1.03 bits per heavy atom. The van der Waals surface area contributed by atoms with E-state index in [9.17, 15) is 14.9 Å². The van der Waals surface area contributed by atoms with Gasteiger partial charge in [0.1, 0.15) is 34.6 Å². The largest absolute Gasteiger partial charge is 0.484 e. The van der Waals surface area contributed by atoms with E-state index in [1.165, 1.54) is 24.3 Å². The molecule has 0 unspecified atom stereocenters. The van der Waals surface area contributed by atoms with Crippen LogP contribution in [0.25, 0.3) is 0 Å². The van der Waals surface area contributed by atoms with Gasteiger partial charge in [0.2, 0.25) is 0 Å². The number of non-ortho nitro benzene ring substituents is 1. The number of nitrogens with zero attached hydrogens (tertiary/aromatic N) is 1. The van der Waals surface area contributed by atoms with E-state index in [0.717, 1.165) is 5.56 Å². The lowest BCUT2D eigenvalue weighted by molar-refractivity contribution is -0.384. The van der Waals surface area contributed by atoms with Crippen molar-refractivity contribution in [1.82, 2.24) is 0 Å². The number of amides is 1. The van der Waals surface area contributed by atoms with E-state index in [2.05, 4.69) is 5.32 Å². The summed E-state index contributed by atoms with van der Waals surface area (Å²) in [5.74, 6) is 0.853. The van der Waals surface area contributed by atoms with E-state index >= 15 is 0 Å². The smallest absolute Gasteiger partial charge is 0.291 e. The van der Waals surface area contributed by atoms with Crippen LogP contribution in [0.1, 0.15) is 21.9 Å². The number of nitrogens with one attached hydrogen (secondary N) is 1. The van der Waals surface area contributed by atoms with Crippen molar-refractivity contribution < 1.29 is 23.6 Å². The van der Waals surface area contributed by atoms with Crippen LogP contribution in [0.3, 0.4) is 0 Å². The fourth-order valence-electron chi connectivity index (χ4n) is 3.15. The van der Waals surface area contributed by atoms with Crippen molar-refractivity contribution in [3.8, 4) is 17.2 Å². The minimum atomic E-state index is -0.598. The minimum Gasteiger partial charge on any atom is -0.484 e. The summed E-state index contributed by atoms with van der Waals surface area (Å²) in [7, 11) is 0. The van der Waals surface area contributed by atoms with Crippen molar-refractivity contribution in [2.75, 3.05) is 5.32 Å². The van der Waals surface area contributed by atoms with Crippen LogP contribution in [0.5, 0.6) is 17.2 Å². The molecule has 35 heavy (non-hydrogen) atoms. The second-order valence-corrected chi connectivity index (χ2v) is 8.24. The van der Waals surface area contributed by atoms with Gasteiger partial charge in [0.15, 0.2) is 5.76 Å². The summed E-state index contributed by atoms with van der Waals surface area (Å²) < 4.78 is 16.9. The molecule has 0 aliphatic rings. The molecule has 4 aromatic rings. The summed E-state index contributed by atoms with van der Waals surface area (Å²) >= 11 is 12.1. The Morgan fingerprint density at radius 2 is 1.83 bits per heavy atom. The molecule has 1 heterocycles. The van der Waals surface area contributed by atoms with E-state index in [4.69, 9.17) is 37.1 Å². The highest BCUT2D eigenvalue weighted by Gasteiger charge is 2.17. The molecule has 0 aliphatic heterocycles. The first kappa shape index (κ1) is 24.1. The number of carbonyl (C=O) groups excluding carboxylic acids is 1. The van der Waals surface area contributed by atoms with Crippen LogP contribution in [-0.4, -0.2) is 10.8 Å². The van der Waals surface area contributed by atoms with E-state index in [1.807, 2.05) is 19.1 Å². The monoisotopic (exact) mass is 512 g/mol. The zero-order valence-corrected chi connectivity index (χ0v) is 19.8. The van der Waals surface area contributed by atoms with Crippen LogP contribution in [-0.2, 0) is 6.61 Å². The second-order valence-electron chi connectivity index (χ2n) is 7.45. The molecule has 10 heteroatoms. The SMILES string of the molecule is Cc1cccc(Oc2cc(NC(=O)c3ccc(COc4cccc(Cl)c4Cl)o3)cc([N+](=O)[O-])c2)c1. The lowest BCUT2D eigenvalue weighted by Gasteiger charge is -2.09. The molecule has 0 saturated carbocycles. The van der Waals surface area contributed by atoms with Gasteiger partial charge in [0, 0.05) is 12.1 Å². The van der Waals surface area contributed by atoms with E-state index in [1.54, 1.807) is 36.4 Å². The predicted octanol–water partition coefficient (Wildman–Crippen LogP) is 7.43. The van der Waals surface area contributed by atoms with Gasteiger partial charge in [0.05, 0.1) is 21.7 Å². The molecule has 0 saturated heterocycles. The molecule has 3 aromatic carbocycles. The molecule has 178 valence electrons. The Morgan fingerprint density at radius 3 is 2.60 bits per heavy atom. The third-order valence-electron chi connectivity index (χ3n) is 4.76. The van der Waals surface area contributed by atoms with Crippen LogP contribution in [0, 0.1) is 17.0 Å². The fourth-order valence-corrected chi connectivity index (χ4v) is 3.50. The van der Waals surface area contributed by atoms with Crippen molar-refractivity contribution in [2.24, 2.45) is 0 Å². The second kappa shape index (κ2) is 10.5. The number of hydrogen-bond donors (Lipinski definition) is 1. The highest BCUT2D eigenvalue weighted by Crippen LogP contribution is 2.32. The third-order valence-corrected chi connectivity index (χ3v) is 5.56. The summed E-state index contributed by atoms with van der Waals surface area (Å²) in [6.45, 7) is 1.91. The maximum absolute atomic E-state index is 12.7. The summed E-state index contributed by atoms with van der Waals surface area (Å²) in [6, 6.07) is 19.3. The average Bonchev–Trinajstić information content (AvgIpc) is 3.29. The molecule has 0 spiro atoms. The molecule has 4 rings (SSSR count). The standard InChI is InChI=1S/C25H18Cl2N2O6/c1-15-4-2-5-18(10-15)34-20-12-16(11-17(13-20)29(31)32)28-25(30)23-9-8-19(35-23)14-33-22-7-3-6-21(26)24(22)27/h2-13H,14H2,1H3,(H,28,30). The Labute approximate surface area is 210 Å². The number of anilines is 1. The van der Waals surface area contributed by atoms with Crippen LogP contribution >= 0.6 is 23.2 Å². The van der Waals surface area contributed by atoms with Crippen molar-refractivity contribution in [3.63, 3.8) is 0 Å². The van der Waals surface area contributed by atoms with Gasteiger partial charge >= 0.3 is 0 Å². The summed E-state index contributed by atoms with van der Waals surface area (Å²) in [6.07, 6.45) is 0. The fraction of sp³-hybridized carbons (Fsp3) is 0.0800. The summed E-state index contributed by atoms with van der Waals surface area (Å²) in [5, 5.41) is 14.6. The number of ether oxygens (including phenoxy) is 2. The van der Waals surface area contributed by atoms with Crippen LogP contribution in [0.15, 0.2) is 77.2 Å². The number of rotatable bonds is 8. The maximum Gasteiger partial charge on any atom is 0.291 e. The maximum atomic E-state index is 12.7. The highest BCUT2D eigenvalue weighted by atomic mass is 35.5. The Bertz CT molecular complexity index is 1400. The Hall–Kier alpha value is -4.01. The molecule has 1 amide bonds. The number of benzene rings is 3. The molecule has 8 nitrogen and oxygen atoms in total. The lowest BCUT2D eigenvalue weighted by Crippen LogP contribution is -2.11. The number of hydrogen-bond acceptors (Lipinski definition) is 6. The lowest BCUT2D eigenvalue weighted by atomic mass is 10.2. The highest BCUT2D eigenvalue weighted by molar-refractivity contribution is 6.42. The van der Waals surface area contributed by atoms with E-state index in [-0.39, 0.29) is 34.5 Å². The molecule has 0 fully saturated rings. The van der Waals surface area contributed by atoms with Crippen molar-refractivity contribution in [3.05, 3.63) is 110 Å². The molecule has 0 atom stereocenters. The molecule has 0 radical (unpaired) electrons. The number of carbonyl (C=O) groups is 1. The number of nitro groups is 1. The van der Waals surface area contributed by atoms with Gasteiger partial charge < -0.3 is 19.2 Å². The first-order valence-electron chi connectivity index (χ1n) is 10.3. The van der Waals surface area contributed by atoms with Crippen molar-refractivity contribution in [2.45, 2.75) is 13.5 Å². The minimum absolute atomic E-state index is 0.00607. The molecule has 1 aromatic heterocycles. The normalized spacial score (nSPS) is 10.6. The summed E-state index contributed by atoms with van der Waals surface area (Å²) in [4.78, 5) is 23.5. The number of furan rings is 1. The molecular weight excluding hydrogens is 495 g/mol. The number of halogens is 2. The van der Waals surface area contributed by atoms with Gasteiger partial charge in [0.25, 0.3) is 11.6 Å². The third kappa shape index (κ3) is 6.11. The van der Waals surface area contributed by atoms with Gasteiger partial charge in [-0.15, -0.1) is 0 Å². The Balaban J connectivity index is 1.47. The van der Waals surface area contributed by atoms with Crippen LogP contribution in [0.2, 0.25) is 10.0 Å². The van der Waals surface area contributed by atoms with E-state index < -0.39 is 10.8 Å². The van der Waals surface area contributed by atoms with Crippen molar-refractivity contribution in [1.29, 1.82) is 0 Å². The Kier molecular flexibility index (Phi) is 7.24. The van der Waals surface area contributed by atoms with Gasteiger partial charge in [-0.05, 0) is 48.9 Å². The van der Waals surface area contributed by atoms with Crippen molar-refractivity contribution >= 4 is 40.5 Å². The zero-order chi connectivity index (χ0) is 24.9. The molecule has 0 bridgehead atoms. The average molecular weight is 513 g/mol. The first-order valence-corrected chi connectivity index (χ1v) is 11.0. The van der Waals surface area contributed by atoms with Gasteiger partial charge in [-0.3, -0.25) is 14.9 Å². The van der Waals surface area contributed by atoms with Gasteiger partial charge in [-0.1, -0.05) is 41.4 Å². The zero-order valence-electron chi connectivity index (χ0n) is 18.3. The molecule has 1 N–H and O–H groups in total. The number of aryl methyl sites for hydroxylation is 1. The molecular formula is C25H18Cl2N2O6. The van der Waals surface area contributed by atoms with E-state index in [0.29, 0.717) is 22.3 Å². The quantitative estimate of drug-likeness (QED) is 0.194. The predicted molar refractivity (Wildman–Crippen MR) is 132 cm³/mol. The molecule has 0 aliphatic carbocycles. The van der Waals surface area contributed by atoms with Crippen LogP contribution < -0.4 is 14.8 Å². The summed E-state index contributed by atoms with van der Waals surface area (Å²) in [5.41, 5.74) is 0.904. The number of nitro benzene ring substituents is 1.